The number of aromatic nitrogens is 3. The van der Waals surface area contributed by atoms with Gasteiger partial charge in [0.1, 0.15) is 24.0 Å². The minimum atomic E-state index is -0.394. The Morgan fingerprint density at radius 2 is 1.97 bits per heavy atom. The maximum atomic E-state index is 12.6. The predicted octanol–water partition coefficient (Wildman–Crippen LogP) is 4.10. The molecule has 2 aromatic carbocycles. The molecule has 33 heavy (non-hydrogen) atoms. The monoisotopic (exact) mass is 446 g/mol. The van der Waals surface area contributed by atoms with Crippen LogP contribution in [-0.2, 0) is 17.8 Å². The van der Waals surface area contributed by atoms with Gasteiger partial charge in [0.05, 0.1) is 12.6 Å². The van der Waals surface area contributed by atoms with E-state index in [4.69, 9.17) is 9.15 Å². The molecule has 4 rings (SSSR count). The Morgan fingerprint density at radius 1 is 1.18 bits per heavy atom. The van der Waals surface area contributed by atoms with Crippen LogP contribution in [-0.4, -0.2) is 26.8 Å². The van der Waals surface area contributed by atoms with Gasteiger partial charge in [-0.1, -0.05) is 12.1 Å². The number of rotatable bonds is 8. The molecule has 2 heterocycles. The second-order valence-corrected chi connectivity index (χ2v) is 8.21. The van der Waals surface area contributed by atoms with Crippen molar-refractivity contribution in [2.75, 3.05) is 5.32 Å². The number of hydrogen-bond acceptors (Lipinski definition) is 6. The Kier molecular flexibility index (Phi) is 6.53. The highest BCUT2D eigenvalue weighted by Gasteiger charge is 2.13. The minimum absolute atomic E-state index is 0.0532. The number of carbonyl (C=O) groups excluding carboxylic acids is 1. The second kappa shape index (κ2) is 9.68. The number of amides is 1. The molecule has 0 aliphatic rings. The van der Waals surface area contributed by atoms with Gasteiger partial charge in [-0.25, -0.2) is 14.5 Å². The Morgan fingerprint density at radius 3 is 2.67 bits per heavy atom. The van der Waals surface area contributed by atoms with Gasteiger partial charge < -0.3 is 14.5 Å². The summed E-state index contributed by atoms with van der Waals surface area (Å²) in [6.07, 6.45) is 3.89. The van der Waals surface area contributed by atoms with Gasteiger partial charge in [0.25, 0.3) is 0 Å². The lowest BCUT2D eigenvalue weighted by Crippen LogP contribution is -2.13. The zero-order valence-electron chi connectivity index (χ0n) is 18.9. The maximum Gasteiger partial charge on any atom is 0.336 e. The van der Waals surface area contributed by atoms with E-state index in [1.807, 2.05) is 51.1 Å². The number of aryl methyl sites for hydroxylation is 2. The zero-order valence-corrected chi connectivity index (χ0v) is 18.9. The third-order valence-electron chi connectivity index (χ3n) is 5.17. The molecule has 1 N–H and O–H groups in total. The Labute approximate surface area is 191 Å². The Balaban J connectivity index is 1.44. The van der Waals surface area contributed by atoms with Crippen LogP contribution in [0, 0.1) is 6.92 Å². The van der Waals surface area contributed by atoms with Crippen LogP contribution in [0.15, 0.2) is 64.3 Å². The van der Waals surface area contributed by atoms with Gasteiger partial charge in [-0.15, -0.1) is 0 Å². The molecule has 0 bridgehead atoms. The summed E-state index contributed by atoms with van der Waals surface area (Å²) in [6, 6.07) is 12.8. The topological polar surface area (TPSA) is 99.2 Å². The number of benzene rings is 2. The molecule has 170 valence electrons. The summed E-state index contributed by atoms with van der Waals surface area (Å²) < 4.78 is 13.0. The van der Waals surface area contributed by atoms with Gasteiger partial charge in [0, 0.05) is 29.6 Å². The van der Waals surface area contributed by atoms with E-state index < -0.39 is 5.63 Å². The average molecular weight is 447 g/mol. The molecule has 0 unspecified atom stereocenters. The SMILES string of the molecule is Cc1cc(=O)oc2cc(OC(C)C)c(CCC(=O)Nc3ccc(Cn4cncn4)cc3)cc12. The molecule has 4 aromatic rings. The van der Waals surface area contributed by atoms with E-state index in [9.17, 15) is 9.59 Å². The van der Waals surface area contributed by atoms with Crippen molar-refractivity contribution >= 4 is 22.6 Å². The molecule has 1 amide bonds. The molecule has 0 spiro atoms. The summed E-state index contributed by atoms with van der Waals surface area (Å²) in [7, 11) is 0. The van der Waals surface area contributed by atoms with Gasteiger partial charge in [-0.2, -0.15) is 5.10 Å². The lowest BCUT2D eigenvalue weighted by molar-refractivity contribution is -0.116. The number of carbonyl (C=O) groups is 1. The van der Waals surface area contributed by atoms with E-state index in [0.29, 0.717) is 24.3 Å². The first-order chi connectivity index (χ1) is 15.9. The predicted molar refractivity (Wildman–Crippen MR) is 126 cm³/mol. The molecule has 0 aliphatic carbocycles. The lowest BCUT2D eigenvalue weighted by Gasteiger charge is -2.16. The van der Waals surface area contributed by atoms with E-state index in [1.54, 1.807) is 17.1 Å². The maximum absolute atomic E-state index is 12.6. The number of anilines is 1. The van der Waals surface area contributed by atoms with E-state index >= 15 is 0 Å². The van der Waals surface area contributed by atoms with Crippen LogP contribution in [0.3, 0.4) is 0 Å². The van der Waals surface area contributed by atoms with Crippen LogP contribution in [0.2, 0.25) is 0 Å². The fraction of sp³-hybridized carbons (Fsp3) is 0.280. The van der Waals surface area contributed by atoms with Crippen LogP contribution in [0.5, 0.6) is 5.75 Å². The van der Waals surface area contributed by atoms with E-state index in [-0.39, 0.29) is 18.4 Å². The molecule has 8 heteroatoms. The Bertz CT molecular complexity index is 1310. The highest BCUT2D eigenvalue weighted by Crippen LogP contribution is 2.29. The van der Waals surface area contributed by atoms with Crippen molar-refractivity contribution in [1.29, 1.82) is 0 Å². The third-order valence-corrected chi connectivity index (χ3v) is 5.17. The largest absolute Gasteiger partial charge is 0.491 e. The van der Waals surface area contributed by atoms with Crippen molar-refractivity contribution < 1.29 is 13.9 Å². The van der Waals surface area contributed by atoms with Crippen LogP contribution in [0.4, 0.5) is 5.69 Å². The number of hydrogen-bond donors (Lipinski definition) is 1. The molecule has 0 saturated carbocycles. The summed E-state index contributed by atoms with van der Waals surface area (Å²) in [5.41, 5.74) is 3.61. The smallest absolute Gasteiger partial charge is 0.336 e. The third kappa shape index (κ3) is 5.65. The summed E-state index contributed by atoms with van der Waals surface area (Å²) in [6.45, 7) is 6.35. The lowest BCUT2D eigenvalue weighted by atomic mass is 10.0. The summed E-state index contributed by atoms with van der Waals surface area (Å²) >= 11 is 0. The number of nitrogens with zero attached hydrogens (tertiary/aromatic N) is 3. The number of ether oxygens (including phenoxy) is 1. The van der Waals surface area contributed by atoms with Crippen molar-refractivity contribution in [2.45, 2.75) is 46.3 Å². The molecule has 2 aromatic heterocycles. The quantitative estimate of drug-likeness (QED) is 0.409. The van der Waals surface area contributed by atoms with Crippen LogP contribution < -0.4 is 15.7 Å². The van der Waals surface area contributed by atoms with Gasteiger partial charge in [-0.05, 0) is 62.1 Å². The van der Waals surface area contributed by atoms with E-state index in [2.05, 4.69) is 15.4 Å². The highest BCUT2D eigenvalue weighted by molar-refractivity contribution is 5.91. The van der Waals surface area contributed by atoms with Gasteiger partial charge in [-0.3, -0.25) is 4.79 Å². The van der Waals surface area contributed by atoms with E-state index in [1.165, 1.54) is 12.4 Å². The fourth-order valence-corrected chi connectivity index (χ4v) is 3.62. The van der Waals surface area contributed by atoms with Crippen molar-refractivity contribution in [1.82, 2.24) is 14.8 Å². The molecular weight excluding hydrogens is 420 g/mol. The van der Waals surface area contributed by atoms with Gasteiger partial charge in [0.2, 0.25) is 5.91 Å². The van der Waals surface area contributed by atoms with Crippen molar-refractivity contribution in [2.24, 2.45) is 0 Å². The number of fused-ring (bicyclic) bond motifs is 1. The fourth-order valence-electron chi connectivity index (χ4n) is 3.62. The first-order valence-corrected chi connectivity index (χ1v) is 10.8. The average Bonchev–Trinajstić information content (AvgIpc) is 3.26. The molecule has 8 nitrogen and oxygen atoms in total. The first-order valence-electron chi connectivity index (χ1n) is 10.8. The highest BCUT2D eigenvalue weighted by atomic mass is 16.5. The zero-order chi connectivity index (χ0) is 23.4. The summed E-state index contributed by atoms with van der Waals surface area (Å²) in [5, 5.41) is 7.87. The summed E-state index contributed by atoms with van der Waals surface area (Å²) in [5.74, 6) is 0.530. The second-order valence-electron chi connectivity index (χ2n) is 8.21. The molecule has 0 atom stereocenters. The normalized spacial score (nSPS) is 11.2. The number of nitrogens with one attached hydrogen (secondary N) is 1. The van der Waals surface area contributed by atoms with Crippen LogP contribution in [0.25, 0.3) is 11.0 Å². The Hall–Kier alpha value is -3.94. The van der Waals surface area contributed by atoms with Crippen molar-refractivity contribution in [3.05, 3.63) is 82.2 Å². The molecule has 0 fully saturated rings. The summed E-state index contributed by atoms with van der Waals surface area (Å²) in [4.78, 5) is 28.3. The molecule has 0 radical (unpaired) electrons. The molecule has 0 saturated heterocycles. The van der Waals surface area contributed by atoms with E-state index in [0.717, 1.165) is 27.8 Å². The minimum Gasteiger partial charge on any atom is -0.491 e. The van der Waals surface area contributed by atoms with Gasteiger partial charge >= 0.3 is 5.63 Å². The molecular formula is C25H26N4O4. The van der Waals surface area contributed by atoms with Crippen LogP contribution in [0.1, 0.15) is 37.0 Å². The standard InChI is InChI=1S/C25H26N4O4/c1-16(2)32-22-12-23-21(17(3)10-25(31)33-23)11-19(22)6-9-24(30)28-20-7-4-18(5-8-20)13-29-15-26-14-27-29/h4-5,7-8,10-12,14-16H,6,9,13H2,1-3H3,(H,28,30). The van der Waals surface area contributed by atoms with Gasteiger partial charge in [0.15, 0.2) is 0 Å². The van der Waals surface area contributed by atoms with Crippen molar-refractivity contribution in [3.8, 4) is 5.75 Å². The van der Waals surface area contributed by atoms with Crippen molar-refractivity contribution in [3.63, 3.8) is 0 Å². The van der Waals surface area contributed by atoms with Crippen LogP contribution >= 0.6 is 0 Å². The first kappa shape index (κ1) is 22.3. The molecule has 0 aliphatic heterocycles.